The third-order valence-corrected chi connectivity index (χ3v) is 2.42. The summed E-state index contributed by atoms with van der Waals surface area (Å²) in [6, 6.07) is 2.84. The van der Waals surface area contributed by atoms with E-state index in [0.29, 0.717) is 11.1 Å². The van der Waals surface area contributed by atoms with Crippen molar-refractivity contribution in [3.05, 3.63) is 34.4 Å². The maximum Gasteiger partial charge on any atom is 0.377 e. The number of esters is 1. The van der Waals surface area contributed by atoms with Gasteiger partial charge in [0.2, 0.25) is 0 Å². The van der Waals surface area contributed by atoms with Gasteiger partial charge < -0.3 is 9.84 Å². The van der Waals surface area contributed by atoms with Gasteiger partial charge in [-0.2, -0.15) is 0 Å². The highest BCUT2D eigenvalue weighted by atomic mass is 16.5. The number of carboxylic acids is 1. The van der Waals surface area contributed by atoms with Gasteiger partial charge in [0.25, 0.3) is 5.78 Å². The molecule has 0 radical (unpaired) electrons. The quantitative estimate of drug-likeness (QED) is 0.487. The molecular formula is C12H12O5. The Labute approximate surface area is 98.0 Å². The highest BCUT2D eigenvalue weighted by molar-refractivity contribution is 6.40. The fourth-order valence-electron chi connectivity index (χ4n) is 1.54. The summed E-state index contributed by atoms with van der Waals surface area (Å²) in [5.74, 6) is -3.18. The average molecular weight is 236 g/mol. The number of aryl methyl sites for hydroxylation is 2. The summed E-state index contributed by atoms with van der Waals surface area (Å²) in [5.41, 5.74) is 1.35. The molecule has 1 rings (SSSR count). The number of aliphatic carboxylic acids is 1. The first-order valence-corrected chi connectivity index (χ1v) is 4.85. The lowest BCUT2D eigenvalue weighted by Gasteiger charge is -2.08. The maximum atomic E-state index is 11.4. The summed E-state index contributed by atoms with van der Waals surface area (Å²) in [6.07, 6.45) is 0. The molecule has 5 nitrogen and oxygen atoms in total. The number of benzene rings is 1. The number of methoxy groups -OCH3 is 1. The minimum absolute atomic E-state index is 0.00324. The van der Waals surface area contributed by atoms with Crippen molar-refractivity contribution in [2.24, 2.45) is 0 Å². The zero-order valence-corrected chi connectivity index (χ0v) is 9.73. The van der Waals surface area contributed by atoms with E-state index in [-0.39, 0.29) is 11.1 Å². The fourth-order valence-corrected chi connectivity index (χ4v) is 1.54. The third-order valence-electron chi connectivity index (χ3n) is 2.42. The summed E-state index contributed by atoms with van der Waals surface area (Å²) in [5, 5.41) is 8.65. The molecule has 17 heavy (non-hydrogen) atoms. The second kappa shape index (κ2) is 4.78. The first-order valence-electron chi connectivity index (χ1n) is 4.85. The van der Waals surface area contributed by atoms with E-state index < -0.39 is 17.7 Å². The molecule has 1 aromatic carbocycles. The van der Waals surface area contributed by atoms with E-state index in [9.17, 15) is 14.4 Å². The summed E-state index contributed by atoms with van der Waals surface area (Å²) in [4.78, 5) is 33.4. The number of carbonyl (C=O) groups is 3. The molecule has 0 saturated carbocycles. The lowest BCUT2D eigenvalue weighted by atomic mass is 9.97. The van der Waals surface area contributed by atoms with Crippen LogP contribution < -0.4 is 0 Å². The molecule has 0 aromatic heterocycles. The van der Waals surface area contributed by atoms with Gasteiger partial charge in [0.05, 0.1) is 12.7 Å². The lowest BCUT2D eigenvalue weighted by Crippen LogP contribution is -2.16. The first kappa shape index (κ1) is 12.9. The van der Waals surface area contributed by atoms with Crippen LogP contribution in [0.2, 0.25) is 0 Å². The summed E-state index contributed by atoms with van der Waals surface area (Å²) < 4.78 is 4.55. The Kier molecular flexibility index (Phi) is 3.62. The summed E-state index contributed by atoms with van der Waals surface area (Å²) >= 11 is 0. The van der Waals surface area contributed by atoms with Crippen molar-refractivity contribution in [2.45, 2.75) is 13.8 Å². The van der Waals surface area contributed by atoms with Crippen molar-refractivity contribution >= 4 is 17.7 Å². The van der Waals surface area contributed by atoms with Gasteiger partial charge >= 0.3 is 11.9 Å². The van der Waals surface area contributed by atoms with Crippen LogP contribution in [0.15, 0.2) is 12.1 Å². The monoisotopic (exact) mass is 236 g/mol. The van der Waals surface area contributed by atoms with Crippen LogP contribution in [0.3, 0.4) is 0 Å². The van der Waals surface area contributed by atoms with Crippen LogP contribution in [0.1, 0.15) is 31.8 Å². The highest BCUT2D eigenvalue weighted by Gasteiger charge is 2.20. The molecule has 0 fully saturated rings. The van der Waals surface area contributed by atoms with Gasteiger partial charge in [-0.15, -0.1) is 0 Å². The summed E-state index contributed by atoms with van der Waals surface area (Å²) in [6.45, 7) is 3.30. The fraction of sp³-hybridized carbons (Fsp3) is 0.250. The molecule has 0 saturated heterocycles. The normalized spacial score (nSPS) is 9.82. The Morgan fingerprint density at radius 3 is 2.06 bits per heavy atom. The van der Waals surface area contributed by atoms with Crippen LogP contribution >= 0.6 is 0 Å². The summed E-state index contributed by atoms with van der Waals surface area (Å²) in [7, 11) is 1.22. The number of Topliss-reactive ketones (excluding diaryl/α,β-unsaturated/α-hetero) is 1. The van der Waals surface area contributed by atoms with E-state index in [4.69, 9.17) is 5.11 Å². The molecule has 0 amide bonds. The minimum atomic E-state index is -1.55. The van der Waals surface area contributed by atoms with Gasteiger partial charge in [-0.25, -0.2) is 9.59 Å². The minimum Gasteiger partial charge on any atom is -0.475 e. The largest absolute Gasteiger partial charge is 0.475 e. The maximum absolute atomic E-state index is 11.4. The van der Waals surface area contributed by atoms with Crippen molar-refractivity contribution in [3.8, 4) is 0 Å². The van der Waals surface area contributed by atoms with Crippen molar-refractivity contribution < 1.29 is 24.2 Å². The standard InChI is InChI=1S/C12H12O5/c1-6-4-7(2)9(12(16)17-3)5-8(6)10(13)11(14)15/h4-5H,1-3H3,(H,14,15). The SMILES string of the molecule is COC(=O)c1cc(C(=O)C(=O)O)c(C)cc1C. The molecule has 0 heterocycles. The zero-order valence-electron chi connectivity index (χ0n) is 9.73. The van der Waals surface area contributed by atoms with Gasteiger partial charge in [0, 0.05) is 5.56 Å². The van der Waals surface area contributed by atoms with E-state index in [0.717, 1.165) is 0 Å². The molecular weight excluding hydrogens is 224 g/mol. The Bertz CT molecular complexity index is 502. The van der Waals surface area contributed by atoms with Crippen LogP contribution in [0.25, 0.3) is 0 Å². The molecule has 0 unspecified atom stereocenters. The van der Waals surface area contributed by atoms with Crippen LogP contribution in [0.4, 0.5) is 0 Å². The van der Waals surface area contributed by atoms with Gasteiger partial charge in [0.15, 0.2) is 0 Å². The number of carboxylic acid groups (broad SMARTS) is 1. The predicted molar refractivity (Wildman–Crippen MR) is 59.2 cm³/mol. The Morgan fingerprint density at radius 2 is 1.59 bits per heavy atom. The van der Waals surface area contributed by atoms with Crippen LogP contribution in [0, 0.1) is 13.8 Å². The molecule has 1 N–H and O–H groups in total. The molecule has 0 atom stereocenters. The molecule has 0 aliphatic carbocycles. The highest BCUT2D eigenvalue weighted by Crippen LogP contribution is 2.17. The Hall–Kier alpha value is -2.17. The van der Waals surface area contributed by atoms with E-state index in [1.807, 2.05) is 0 Å². The molecule has 0 spiro atoms. The van der Waals surface area contributed by atoms with Crippen molar-refractivity contribution in [1.29, 1.82) is 0 Å². The van der Waals surface area contributed by atoms with E-state index in [1.165, 1.54) is 13.2 Å². The molecule has 90 valence electrons. The second-order valence-corrected chi connectivity index (χ2v) is 3.61. The van der Waals surface area contributed by atoms with Crippen molar-refractivity contribution in [2.75, 3.05) is 7.11 Å². The van der Waals surface area contributed by atoms with Crippen molar-refractivity contribution in [1.82, 2.24) is 0 Å². The smallest absolute Gasteiger partial charge is 0.377 e. The number of hydrogen-bond acceptors (Lipinski definition) is 4. The number of rotatable bonds is 3. The molecule has 0 aliphatic heterocycles. The molecule has 0 bridgehead atoms. The Balaban J connectivity index is 3.38. The van der Waals surface area contributed by atoms with Gasteiger partial charge in [-0.05, 0) is 31.0 Å². The van der Waals surface area contributed by atoms with E-state index >= 15 is 0 Å². The molecule has 0 aliphatic rings. The van der Waals surface area contributed by atoms with E-state index in [1.54, 1.807) is 19.9 Å². The van der Waals surface area contributed by atoms with Crippen LogP contribution in [-0.4, -0.2) is 29.9 Å². The predicted octanol–water partition coefficient (Wildman–Crippen LogP) is 1.36. The van der Waals surface area contributed by atoms with Gasteiger partial charge in [-0.1, -0.05) is 6.07 Å². The number of hydrogen-bond donors (Lipinski definition) is 1. The average Bonchev–Trinajstić information content (AvgIpc) is 2.27. The van der Waals surface area contributed by atoms with E-state index in [2.05, 4.69) is 4.74 Å². The van der Waals surface area contributed by atoms with Crippen LogP contribution in [0.5, 0.6) is 0 Å². The first-order chi connectivity index (χ1) is 7.88. The number of ether oxygens (including phenoxy) is 1. The third kappa shape index (κ3) is 2.50. The lowest BCUT2D eigenvalue weighted by molar-refractivity contribution is -0.131. The van der Waals surface area contributed by atoms with Crippen molar-refractivity contribution in [3.63, 3.8) is 0 Å². The topological polar surface area (TPSA) is 80.7 Å². The van der Waals surface area contributed by atoms with Crippen LogP contribution in [-0.2, 0) is 9.53 Å². The van der Waals surface area contributed by atoms with Gasteiger partial charge in [-0.3, -0.25) is 4.79 Å². The number of carbonyl (C=O) groups excluding carboxylic acids is 2. The molecule has 1 aromatic rings. The van der Waals surface area contributed by atoms with Gasteiger partial charge in [0.1, 0.15) is 0 Å². The second-order valence-electron chi connectivity index (χ2n) is 3.61. The Morgan fingerprint density at radius 1 is 1.06 bits per heavy atom. The molecule has 5 heteroatoms. The number of ketones is 1. The zero-order chi connectivity index (χ0) is 13.2.